The van der Waals surface area contributed by atoms with E-state index in [1.165, 1.54) is 12.8 Å². The third-order valence-electron chi connectivity index (χ3n) is 3.15. The van der Waals surface area contributed by atoms with Crippen LogP contribution < -0.4 is 10.6 Å². The first-order valence-electron chi connectivity index (χ1n) is 6.63. The SMILES string of the molecule is Cc1cc(CN=C(N)N(C)C)nc(N2CCCC2)n1. The first-order chi connectivity index (χ1) is 9.06. The van der Waals surface area contributed by atoms with E-state index in [1.807, 2.05) is 27.1 Å². The minimum absolute atomic E-state index is 0.494. The van der Waals surface area contributed by atoms with Crippen molar-refractivity contribution in [1.29, 1.82) is 0 Å². The lowest BCUT2D eigenvalue weighted by Crippen LogP contribution is -2.30. The zero-order valence-corrected chi connectivity index (χ0v) is 11.9. The van der Waals surface area contributed by atoms with E-state index >= 15 is 0 Å². The van der Waals surface area contributed by atoms with Crippen molar-refractivity contribution in [3.8, 4) is 0 Å². The number of nitrogens with two attached hydrogens (primary N) is 1. The van der Waals surface area contributed by atoms with Gasteiger partial charge >= 0.3 is 0 Å². The van der Waals surface area contributed by atoms with Crippen LogP contribution in [0.2, 0.25) is 0 Å². The molecule has 0 spiro atoms. The summed E-state index contributed by atoms with van der Waals surface area (Å²) < 4.78 is 0. The van der Waals surface area contributed by atoms with Crippen LogP contribution in [0.25, 0.3) is 0 Å². The molecule has 2 heterocycles. The quantitative estimate of drug-likeness (QED) is 0.643. The van der Waals surface area contributed by atoms with Crippen LogP contribution in [0.5, 0.6) is 0 Å². The fraction of sp³-hybridized carbons (Fsp3) is 0.615. The van der Waals surface area contributed by atoms with E-state index in [-0.39, 0.29) is 0 Å². The van der Waals surface area contributed by atoms with E-state index in [1.54, 1.807) is 4.90 Å². The highest BCUT2D eigenvalue weighted by atomic mass is 15.3. The highest BCUT2D eigenvalue weighted by molar-refractivity contribution is 5.77. The summed E-state index contributed by atoms with van der Waals surface area (Å²) in [5.41, 5.74) is 7.68. The number of hydrogen-bond acceptors (Lipinski definition) is 4. The number of nitrogens with zero attached hydrogens (tertiary/aromatic N) is 5. The smallest absolute Gasteiger partial charge is 0.225 e. The zero-order chi connectivity index (χ0) is 13.8. The first-order valence-corrected chi connectivity index (χ1v) is 6.63. The van der Waals surface area contributed by atoms with E-state index in [0.29, 0.717) is 12.5 Å². The molecule has 1 aliphatic rings. The third kappa shape index (κ3) is 3.56. The molecular formula is C13H22N6. The molecule has 0 aromatic carbocycles. The molecule has 0 bridgehead atoms. The maximum atomic E-state index is 5.78. The molecule has 0 amide bonds. The van der Waals surface area contributed by atoms with Crippen LogP contribution in [0.1, 0.15) is 24.2 Å². The average Bonchev–Trinajstić information content (AvgIpc) is 2.89. The first kappa shape index (κ1) is 13.6. The molecule has 6 heteroatoms. The van der Waals surface area contributed by atoms with Gasteiger partial charge in [0.05, 0.1) is 12.2 Å². The molecule has 104 valence electrons. The molecule has 1 aromatic heterocycles. The summed E-state index contributed by atoms with van der Waals surface area (Å²) in [5, 5.41) is 0. The fourth-order valence-corrected chi connectivity index (χ4v) is 2.06. The van der Waals surface area contributed by atoms with Crippen LogP contribution in [0, 0.1) is 6.92 Å². The maximum Gasteiger partial charge on any atom is 0.225 e. The molecule has 6 nitrogen and oxygen atoms in total. The van der Waals surface area contributed by atoms with Crippen molar-refractivity contribution in [2.24, 2.45) is 10.7 Å². The van der Waals surface area contributed by atoms with Gasteiger partial charge in [-0.2, -0.15) is 0 Å². The van der Waals surface area contributed by atoms with Gasteiger partial charge < -0.3 is 15.5 Å². The Hall–Kier alpha value is -1.85. The molecule has 0 aliphatic carbocycles. The highest BCUT2D eigenvalue weighted by Crippen LogP contribution is 2.16. The molecule has 1 aliphatic heterocycles. The lowest BCUT2D eigenvalue weighted by atomic mass is 10.3. The zero-order valence-electron chi connectivity index (χ0n) is 11.9. The fourth-order valence-electron chi connectivity index (χ4n) is 2.06. The van der Waals surface area contributed by atoms with Crippen LogP contribution in [0.4, 0.5) is 5.95 Å². The molecule has 1 fully saturated rings. The molecule has 2 N–H and O–H groups in total. The molecular weight excluding hydrogens is 240 g/mol. The molecule has 19 heavy (non-hydrogen) atoms. The minimum atomic E-state index is 0.494. The normalized spacial score (nSPS) is 15.9. The van der Waals surface area contributed by atoms with Crippen LogP contribution in [-0.4, -0.2) is 48.0 Å². The van der Waals surface area contributed by atoms with Crippen molar-refractivity contribution in [3.05, 3.63) is 17.5 Å². The van der Waals surface area contributed by atoms with Crippen molar-refractivity contribution in [2.75, 3.05) is 32.1 Å². The maximum absolute atomic E-state index is 5.78. The number of hydrogen-bond donors (Lipinski definition) is 1. The summed E-state index contributed by atoms with van der Waals surface area (Å²) in [6.45, 7) is 4.58. The summed E-state index contributed by atoms with van der Waals surface area (Å²) in [6.07, 6.45) is 2.44. The van der Waals surface area contributed by atoms with E-state index in [4.69, 9.17) is 5.73 Å². The monoisotopic (exact) mass is 262 g/mol. The topological polar surface area (TPSA) is 70.6 Å². The molecule has 1 saturated heterocycles. The van der Waals surface area contributed by atoms with Crippen molar-refractivity contribution in [3.63, 3.8) is 0 Å². The molecule has 0 unspecified atom stereocenters. The van der Waals surface area contributed by atoms with Crippen LogP contribution in [-0.2, 0) is 6.54 Å². The molecule has 0 radical (unpaired) electrons. The van der Waals surface area contributed by atoms with Gasteiger partial charge in [-0.15, -0.1) is 0 Å². The van der Waals surface area contributed by atoms with Gasteiger partial charge in [-0.25, -0.2) is 15.0 Å². The lowest BCUT2D eigenvalue weighted by molar-refractivity contribution is 0.608. The molecule has 1 aromatic rings. The second kappa shape index (κ2) is 5.86. The summed E-state index contributed by atoms with van der Waals surface area (Å²) in [5.74, 6) is 1.34. The number of aromatic nitrogens is 2. The van der Waals surface area contributed by atoms with Gasteiger partial charge in [-0.3, -0.25) is 0 Å². The second-order valence-electron chi connectivity index (χ2n) is 5.06. The van der Waals surface area contributed by atoms with Gasteiger partial charge in [0, 0.05) is 32.9 Å². The van der Waals surface area contributed by atoms with Gasteiger partial charge in [0.25, 0.3) is 0 Å². The Kier molecular flexibility index (Phi) is 4.19. The molecule has 0 saturated carbocycles. The standard InChI is InChI=1S/C13H22N6/c1-10-8-11(9-15-12(14)18(2)3)17-13(16-10)19-6-4-5-7-19/h8H,4-7,9H2,1-3H3,(H2,14,15). The Balaban J connectivity index is 2.14. The second-order valence-corrected chi connectivity index (χ2v) is 5.06. The van der Waals surface area contributed by atoms with Gasteiger partial charge in [0.1, 0.15) is 0 Å². The van der Waals surface area contributed by atoms with Crippen molar-refractivity contribution in [2.45, 2.75) is 26.3 Å². The van der Waals surface area contributed by atoms with Crippen molar-refractivity contribution >= 4 is 11.9 Å². The number of rotatable bonds is 3. The summed E-state index contributed by atoms with van der Waals surface area (Å²) >= 11 is 0. The Bertz CT molecular complexity index is 462. The summed E-state index contributed by atoms with van der Waals surface area (Å²) in [6, 6.07) is 1.96. The predicted molar refractivity (Wildman–Crippen MR) is 77.2 cm³/mol. The van der Waals surface area contributed by atoms with E-state index in [9.17, 15) is 0 Å². The Morgan fingerprint density at radius 3 is 2.68 bits per heavy atom. The highest BCUT2D eigenvalue weighted by Gasteiger charge is 2.15. The van der Waals surface area contributed by atoms with Gasteiger partial charge in [-0.05, 0) is 25.8 Å². The van der Waals surface area contributed by atoms with Crippen LogP contribution in [0.15, 0.2) is 11.1 Å². The average molecular weight is 262 g/mol. The third-order valence-corrected chi connectivity index (χ3v) is 3.15. The largest absolute Gasteiger partial charge is 0.370 e. The van der Waals surface area contributed by atoms with Gasteiger partial charge in [0.15, 0.2) is 5.96 Å². The predicted octanol–water partition coefficient (Wildman–Crippen LogP) is 0.762. The van der Waals surface area contributed by atoms with Crippen molar-refractivity contribution in [1.82, 2.24) is 14.9 Å². The molecule has 2 rings (SSSR count). The van der Waals surface area contributed by atoms with E-state index in [0.717, 1.165) is 30.4 Å². The number of anilines is 1. The Morgan fingerprint density at radius 2 is 2.05 bits per heavy atom. The number of aryl methyl sites for hydroxylation is 1. The Labute approximate surface area is 114 Å². The summed E-state index contributed by atoms with van der Waals surface area (Å²) in [7, 11) is 3.75. The Morgan fingerprint density at radius 1 is 1.37 bits per heavy atom. The van der Waals surface area contributed by atoms with Crippen LogP contribution >= 0.6 is 0 Å². The van der Waals surface area contributed by atoms with Crippen LogP contribution in [0.3, 0.4) is 0 Å². The minimum Gasteiger partial charge on any atom is -0.370 e. The van der Waals surface area contributed by atoms with Crippen molar-refractivity contribution < 1.29 is 0 Å². The van der Waals surface area contributed by atoms with E-state index in [2.05, 4.69) is 19.9 Å². The van der Waals surface area contributed by atoms with E-state index < -0.39 is 0 Å². The lowest BCUT2D eigenvalue weighted by Gasteiger charge is -2.16. The van der Waals surface area contributed by atoms with Gasteiger partial charge in [-0.1, -0.05) is 0 Å². The number of aliphatic imine (C=N–C) groups is 1. The molecule has 0 atom stereocenters. The van der Waals surface area contributed by atoms with Gasteiger partial charge in [0.2, 0.25) is 5.95 Å². The summed E-state index contributed by atoms with van der Waals surface area (Å²) in [4.78, 5) is 17.4. The number of guanidine groups is 1.